The van der Waals surface area contributed by atoms with Gasteiger partial charge in [-0.3, -0.25) is 19.9 Å². The van der Waals surface area contributed by atoms with Gasteiger partial charge in [-0.2, -0.15) is 5.10 Å². The van der Waals surface area contributed by atoms with Gasteiger partial charge in [-0.25, -0.2) is 5.48 Å². The van der Waals surface area contributed by atoms with Crippen molar-refractivity contribution in [3.8, 4) is 11.1 Å². The Bertz CT molecular complexity index is 1250. The highest BCUT2D eigenvalue weighted by atomic mass is 35.5. The summed E-state index contributed by atoms with van der Waals surface area (Å²) < 4.78 is 0. The molecule has 3 aromatic carbocycles. The lowest BCUT2D eigenvalue weighted by Gasteiger charge is -2.05. The first-order valence-corrected chi connectivity index (χ1v) is 9.50. The lowest BCUT2D eigenvalue weighted by atomic mass is 10.0. The molecule has 0 unspecified atom stereocenters. The summed E-state index contributed by atoms with van der Waals surface area (Å²) in [6, 6.07) is 16.7. The van der Waals surface area contributed by atoms with E-state index in [2.05, 4.69) is 15.5 Å². The summed E-state index contributed by atoms with van der Waals surface area (Å²) in [5, 5.41) is 20.3. The van der Waals surface area contributed by atoms with E-state index in [0.29, 0.717) is 21.4 Å². The number of nitrogens with one attached hydrogen (secondary N) is 3. The van der Waals surface area contributed by atoms with Crippen molar-refractivity contribution in [2.45, 2.75) is 0 Å². The highest BCUT2D eigenvalue weighted by molar-refractivity contribution is 6.35. The lowest BCUT2D eigenvalue weighted by molar-refractivity contribution is 0.0706. The summed E-state index contributed by atoms with van der Waals surface area (Å²) in [5.74, 6) is -0.662. The average molecular weight is 441 g/mol. The summed E-state index contributed by atoms with van der Waals surface area (Å²) in [7, 11) is 0. The molecule has 7 nitrogen and oxygen atoms in total. The minimum atomic E-state index is -0.656. The number of halogens is 2. The summed E-state index contributed by atoms with van der Waals surface area (Å²) in [6.45, 7) is 0. The zero-order valence-corrected chi connectivity index (χ0v) is 16.8. The van der Waals surface area contributed by atoms with Crippen molar-refractivity contribution >= 4 is 51.7 Å². The van der Waals surface area contributed by atoms with Crippen molar-refractivity contribution < 1.29 is 14.8 Å². The number of benzene rings is 3. The van der Waals surface area contributed by atoms with Crippen molar-refractivity contribution in [2.24, 2.45) is 0 Å². The minimum absolute atomic E-state index is 0.230. The number of hydrogen-bond acceptors (Lipinski definition) is 4. The maximum absolute atomic E-state index is 12.5. The van der Waals surface area contributed by atoms with Gasteiger partial charge >= 0.3 is 0 Å². The van der Waals surface area contributed by atoms with Crippen LogP contribution in [-0.2, 0) is 0 Å². The summed E-state index contributed by atoms with van der Waals surface area (Å²) in [6.07, 6.45) is 0. The summed E-state index contributed by atoms with van der Waals surface area (Å²) >= 11 is 12.2. The van der Waals surface area contributed by atoms with E-state index in [1.165, 1.54) is 24.3 Å². The van der Waals surface area contributed by atoms with Crippen LogP contribution >= 0.6 is 23.2 Å². The molecular weight excluding hydrogens is 427 g/mol. The molecule has 2 amide bonds. The summed E-state index contributed by atoms with van der Waals surface area (Å²) in [5.41, 5.74) is 4.60. The average Bonchev–Trinajstić information content (AvgIpc) is 3.14. The number of aromatic nitrogens is 2. The predicted molar refractivity (Wildman–Crippen MR) is 115 cm³/mol. The molecule has 30 heavy (non-hydrogen) atoms. The number of anilines is 1. The third-order valence-electron chi connectivity index (χ3n) is 4.50. The Kier molecular flexibility index (Phi) is 5.41. The van der Waals surface area contributed by atoms with Crippen LogP contribution in [0.3, 0.4) is 0 Å². The normalized spacial score (nSPS) is 10.8. The number of aromatic amines is 1. The van der Waals surface area contributed by atoms with E-state index in [4.69, 9.17) is 28.4 Å². The second kappa shape index (κ2) is 8.16. The highest BCUT2D eigenvalue weighted by Crippen LogP contribution is 2.30. The van der Waals surface area contributed by atoms with E-state index in [1.54, 1.807) is 11.5 Å². The SMILES string of the molecule is O=C(NO)c1ccc(C(=O)Nc2n[nH]c3cc(-c4cc(Cl)cc(Cl)c4)ccc23)cc1. The van der Waals surface area contributed by atoms with Crippen molar-refractivity contribution in [1.82, 2.24) is 15.7 Å². The second-order valence-electron chi connectivity index (χ2n) is 6.46. The molecule has 0 spiro atoms. The first-order valence-electron chi connectivity index (χ1n) is 8.75. The first-order chi connectivity index (χ1) is 14.4. The Balaban J connectivity index is 1.58. The number of H-pyrrole nitrogens is 1. The molecule has 0 aliphatic heterocycles. The van der Waals surface area contributed by atoms with Gasteiger partial charge in [0.15, 0.2) is 5.82 Å². The number of amides is 2. The molecule has 0 atom stereocenters. The third kappa shape index (κ3) is 3.99. The van der Waals surface area contributed by atoms with Gasteiger partial charge in [-0.05, 0) is 65.7 Å². The van der Waals surface area contributed by atoms with Gasteiger partial charge in [-0.15, -0.1) is 0 Å². The molecule has 1 aromatic heterocycles. The number of fused-ring (bicyclic) bond motifs is 1. The summed E-state index contributed by atoms with van der Waals surface area (Å²) in [4.78, 5) is 23.9. The molecule has 4 rings (SSSR count). The monoisotopic (exact) mass is 440 g/mol. The van der Waals surface area contributed by atoms with E-state index in [9.17, 15) is 9.59 Å². The lowest BCUT2D eigenvalue weighted by Crippen LogP contribution is -2.19. The third-order valence-corrected chi connectivity index (χ3v) is 4.94. The van der Waals surface area contributed by atoms with E-state index in [1.807, 2.05) is 30.3 Å². The first kappa shape index (κ1) is 19.9. The smallest absolute Gasteiger partial charge is 0.274 e. The quantitative estimate of drug-likeness (QED) is 0.267. The van der Waals surface area contributed by atoms with Crippen LogP contribution in [-0.4, -0.2) is 27.2 Å². The fourth-order valence-electron chi connectivity index (χ4n) is 3.03. The van der Waals surface area contributed by atoms with Crippen LogP contribution in [0.2, 0.25) is 10.0 Å². The fraction of sp³-hybridized carbons (Fsp3) is 0. The topological polar surface area (TPSA) is 107 Å². The standard InChI is InChI=1S/C21H14Cl2N4O3/c22-15-7-14(8-16(23)10-15)13-5-6-17-18(9-13)25-26-19(17)24-20(28)11-1-3-12(4-2-11)21(29)27-30/h1-10,30H,(H,27,29)(H2,24,25,26,28). The molecule has 4 N–H and O–H groups in total. The van der Waals surface area contributed by atoms with Gasteiger partial charge in [0.1, 0.15) is 0 Å². The molecule has 4 aromatic rings. The Labute approximate surface area is 180 Å². The van der Waals surface area contributed by atoms with Gasteiger partial charge in [0.25, 0.3) is 11.8 Å². The number of hydroxylamine groups is 1. The zero-order valence-electron chi connectivity index (χ0n) is 15.2. The maximum atomic E-state index is 12.5. The molecule has 9 heteroatoms. The number of nitrogens with zero attached hydrogens (tertiary/aromatic N) is 1. The van der Waals surface area contributed by atoms with Crippen LogP contribution in [0.15, 0.2) is 60.7 Å². The Morgan fingerprint density at radius 3 is 2.10 bits per heavy atom. The van der Waals surface area contributed by atoms with Crippen LogP contribution in [0.5, 0.6) is 0 Å². The largest absolute Gasteiger partial charge is 0.305 e. The number of rotatable bonds is 4. The van der Waals surface area contributed by atoms with Crippen molar-refractivity contribution in [3.05, 3.63) is 81.8 Å². The Morgan fingerprint density at radius 1 is 0.833 bits per heavy atom. The van der Waals surface area contributed by atoms with E-state index in [0.717, 1.165) is 22.0 Å². The van der Waals surface area contributed by atoms with E-state index >= 15 is 0 Å². The minimum Gasteiger partial charge on any atom is -0.305 e. The molecule has 0 aliphatic carbocycles. The van der Waals surface area contributed by atoms with Crippen molar-refractivity contribution in [1.29, 1.82) is 0 Å². The van der Waals surface area contributed by atoms with E-state index in [-0.39, 0.29) is 11.5 Å². The van der Waals surface area contributed by atoms with Gasteiger partial charge < -0.3 is 5.32 Å². The van der Waals surface area contributed by atoms with Crippen LogP contribution < -0.4 is 10.8 Å². The molecular formula is C21H14Cl2N4O3. The van der Waals surface area contributed by atoms with Crippen LogP contribution in [0, 0.1) is 0 Å². The van der Waals surface area contributed by atoms with Gasteiger partial charge in [-0.1, -0.05) is 29.3 Å². The van der Waals surface area contributed by atoms with Crippen LogP contribution in [0.1, 0.15) is 20.7 Å². The second-order valence-corrected chi connectivity index (χ2v) is 7.34. The van der Waals surface area contributed by atoms with Gasteiger partial charge in [0, 0.05) is 26.6 Å². The highest BCUT2D eigenvalue weighted by Gasteiger charge is 2.13. The molecule has 0 radical (unpaired) electrons. The number of carbonyl (C=O) groups excluding carboxylic acids is 2. The Hall–Kier alpha value is -3.39. The molecule has 0 saturated carbocycles. The molecule has 0 fully saturated rings. The molecule has 150 valence electrons. The van der Waals surface area contributed by atoms with E-state index < -0.39 is 5.91 Å². The Morgan fingerprint density at radius 2 is 1.47 bits per heavy atom. The molecule has 1 heterocycles. The molecule has 0 saturated heterocycles. The number of carbonyl (C=O) groups is 2. The van der Waals surface area contributed by atoms with Crippen molar-refractivity contribution in [3.63, 3.8) is 0 Å². The van der Waals surface area contributed by atoms with Crippen LogP contribution in [0.25, 0.3) is 22.0 Å². The van der Waals surface area contributed by atoms with Gasteiger partial charge in [0.05, 0.1) is 5.52 Å². The van der Waals surface area contributed by atoms with Gasteiger partial charge in [0.2, 0.25) is 0 Å². The van der Waals surface area contributed by atoms with Crippen LogP contribution in [0.4, 0.5) is 5.82 Å². The predicted octanol–water partition coefficient (Wildman–Crippen LogP) is 4.91. The molecule has 0 aliphatic rings. The fourth-order valence-corrected chi connectivity index (χ4v) is 3.56. The zero-order chi connectivity index (χ0) is 21.3. The number of hydrogen-bond donors (Lipinski definition) is 4. The van der Waals surface area contributed by atoms with Crippen molar-refractivity contribution in [2.75, 3.05) is 5.32 Å². The molecule has 0 bridgehead atoms. The maximum Gasteiger partial charge on any atom is 0.274 e.